The molecule has 2 aliphatic carbocycles. The smallest absolute Gasteiger partial charge is 0.278 e. The lowest BCUT2D eigenvalue weighted by atomic mass is 9.88. The summed E-state index contributed by atoms with van der Waals surface area (Å²) in [5.41, 5.74) is 2.78. The van der Waals surface area contributed by atoms with Gasteiger partial charge in [0.2, 0.25) is 0 Å². The molecule has 1 heterocycles. The molecule has 3 aliphatic rings. The SMILES string of the molecule is O=C(C[NH+](C1CCCCC1)C1CCCCC1)N1CCc2ccccc2C1. The average Bonchev–Trinajstić information content (AvgIpc) is 2.72. The third-order valence-electron chi connectivity index (χ3n) is 7.10. The summed E-state index contributed by atoms with van der Waals surface area (Å²) in [6.07, 6.45) is 14.6. The Morgan fingerprint density at radius 2 is 1.46 bits per heavy atom. The van der Waals surface area contributed by atoms with Gasteiger partial charge in [0, 0.05) is 13.1 Å². The van der Waals surface area contributed by atoms with Gasteiger partial charge in [0.15, 0.2) is 6.54 Å². The molecule has 1 aliphatic heterocycles. The highest BCUT2D eigenvalue weighted by molar-refractivity contribution is 5.77. The second kappa shape index (κ2) is 8.56. The molecule has 2 fully saturated rings. The fourth-order valence-corrected chi connectivity index (χ4v) is 5.56. The third-order valence-corrected chi connectivity index (χ3v) is 7.10. The van der Waals surface area contributed by atoms with Crippen molar-refractivity contribution in [2.75, 3.05) is 13.1 Å². The van der Waals surface area contributed by atoms with Crippen LogP contribution in [0.4, 0.5) is 0 Å². The summed E-state index contributed by atoms with van der Waals surface area (Å²) in [4.78, 5) is 17.0. The Hall–Kier alpha value is -1.35. The molecule has 4 rings (SSSR count). The molecule has 1 amide bonds. The zero-order chi connectivity index (χ0) is 17.8. The molecule has 0 unspecified atom stereocenters. The van der Waals surface area contributed by atoms with Gasteiger partial charge < -0.3 is 9.80 Å². The predicted octanol–water partition coefficient (Wildman–Crippen LogP) is 3.12. The summed E-state index contributed by atoms with van der Waals surface area (Å²) in [6.45, 7) is 2.45. The standard InChI is InChI=1S/C23H34N2O/c26-23(24-16-15-19-9-7-8-10-20(19)17-24)18-25(21-11-3-1-4-12-21)22-13-5-2-6-14-22/h7-10,21-22H,1-6,11-18H2/p+1. The van der Waals surface area contributed by atoms with Crippen molar-refractivity contribution in [2.24, 2.45) is 0 Å². The minimum absolute atomic E-state index is 0.394. The van der Waals surface area contributed by atoms with Crippen LogP contribution in [0.2, 0.25) is 0 Å². The molecule has 142 valence electrons. The molecular weight excluding hydrogens is 320 g/mol. The first-order chi connectivity index (χ1) is 12.8. The number of hydrogen-bond donors (Lipinski definition) is 1. The van der Waals surface area contributed by atoms with Crippen molar-refractivity contribution in [1.82, 2.24) is 4.90 Å². The van der Waals surface area contributed by atoms with Crippen LogP contribution in [0.3, 0.4) is 0 Å². The Labute approximate surface area is 158 Å². The molecule has 0 atom stereocenters. The lowest BCUT2D eigenvalue weighted by Crippen LogP contribution is -3.20. The third kappa shape index (κ3) is 4.14. The van der Waals surface area contributed by atoms with Gasteiger partial charge in [-0.2, -0.15) is 0 Å². The lowest BCUT2D eigenvalue weighted by molar-refractivity contribution is -0.945. The minimum atomic E-state index is 0.394. The number of quaternary nitrogens is 1. The van der Waals surface area contributed by atoms with Crippen LogP contribution in [-0.4, -0.2) is 36.0 Å². The highest BCUT2D eigenvalue weighted by atomic mass is 16.2. The zero-order valence-corrected chi connectivity index (χ0v) is 16.2. The number of carbonyl (C=O) groups is 1. The maximum absolute atomic E-state index is 13.2. The van der Waals surface area contributed by atoms with Crippen molar-refractivity contribution in [2.45, 2.75) is 89.3 Å². The van der Waals surface area contributed by atoms with Gasteiger partial charge >= 0.3 is 0 Å². The number of nitrogens with zero attached hydrogens (tertiary/aromatic N) is 1. The van der Waals surface area contributed by atoms with Crippen molar-refractivity contribution in [1.29, 1.82) is 0 Å². The number of carbonyl (C=O) groups excluding carboxylic acids is 1. The molecule has 0 saturated heterocycles. The molecule has 1 aromatic carbocycles. The van der Waals surface area contributed by atoms with Crippen LogP contribution in [-0.2, 0) is 17.8 Å². The fourth-order valence-electron chi connectivity index (χ4n) is 5.56. The van der Waals surface area contributed by atoms with Gasteiger partial charge in [-0.25, -0.2) is 0 Å². The molecule has 0 spiro atoms. The number of benzene rings is 1. The Morgan fingerprint density at radius 3 is 2.08 bits per heavy atom. The number of amides is 1. The number of hydrogen-bond acceptors (Lipinski definition) is 1. The number of fused-ring (bicyclic) bond motifs is 1. The summed E-state index contributed by atoms with van der Waals surface area (Å²) in [7, 11) is 0. The van der Waals surface area contributed by atoms with E-state index in [1.165, 1.54) is 75.3 Å². The van der Waals surface area contributed by atoms with Crippen LogP contribution in [0, 0.1) is 0 Å². The molecule has 26 heavy (non-hydrogen) atoms. The maximum Gasteiger partial charge on any atom is 0.278 e. The monoisotopic (exact) mass is 355 g/mol. The van der Waals surface area contributed by atoms with Gasteiger partial charge in [0.05, 0.1) is 12.1 Å². The van der Waals surface area contributed by atoms with Gasteiger partial charge in [-0.15, -0.1) is 0 Å². The van der Waals surface area contributed by atoms with Crippen molar-refractivity contribution < 1.29 is 9.69 Å². The van der Waals surface area contributed by atoms with E-state index in [1.54, 1.807) is 4.90 Å². The van der Waals surface area contributed by atoms with Crippen molar-refractivity contribution in [3.8, 4) is 0 Å². The number of rotatable bonds is 4. The fraction of sp³-hybridized carbons (Fsp3) is 0.696. The van der Waals surface area contributed by atoms with Crippen LogP contribution in [0.1, 0.15) is 75.3 Å². The van der Waals surface area contributed by atoms with E-state index in [0.29, 0.717) is 5.91 Å². The van der Waals surface area contributed by atoms with E-state index in [1.807, 2.05) is 0 Å². The Balaban J connectivity index is 1.43. The molecule has 0 radical (unpaired) electrons. The summed E-state index contributed by atoms with van der Waals surface area (Å²) < 4.78 is 0. The predicted molar refractivity (Wildman–Crippen MR) is 105 cm³/mol. The van der Waals surface area contributed by atoms with E-state index in [0.717, 1.165) is 38.1 Å². The molecule has 3 heteroatoms. The Bertz CT molecular complexity index is 584. The molecule has 2 saturated carbocycles. The molecule has 3 nitrogen and oxygen atoms in total. The van der Waals surface area contributed by atoms with Crippen LogP contribution in [0.15, 0.2) is 24.3 Å². The summed E-state index contributed by atoms with van der Waals surface area (Å²) in [6, 6.07) is 10.1. The molecule has 0 bridgehead atoms. The van der Waals surface area contributed by atoms with Crippen molar-refractivity contribution in [3.63, 3.8) is 0 Å². The highest BCUT2D eigenvalue weighted by Crippen LogP contribution is 2.21. The van der Waals surface area contributed by atoms with E-state index in [9.17, 15) is 4.79 Å². The Kier molecular flexibility index (Phi) is 5.94. The topological polar surface area (TPSA) is 24.8 Å². The number of nitrogens with one attached hydrogen (secondary N) is 1. The van der Waals surface area contributed by atoms with Gasteiger partial charge in [-0.1, -0.05) is 37.1 Å². The van der Waals surface area contributed by atoms with E-state index < -0.39 is 0 Å². The van der Waals surface area contributed by atoms with E-state index in [2.05, 4.69) is 29.2 Å². The average molecular weight is 356 g/mol. The summed E-state index contributed by atoms with van der Waals surface area (Å²) in [5.74, 6) is 0.394. The van der Waals surface area contributed by atoms with E-state index >= 15 is 0 Å². The summed E-state index contributed by atoms with van der Waals surface area (Å²) >= 11 is 0. The molecular formula is C23H35N2O+. The van der Waals surface area contributed by atoms with E-state index in [4.69, 9.17) is 0 Å². The molecule has 1 aromatic rings. The quantitative estimate of drug-likeness (QED) is 0.882. The van der Waals surface area contributed by atoms with Crippen molar-refractivity contribution >= 4 is 5.91 Å². The first-order valence-electron chi connectivity index (χ1n) is 11.0. The van der Waals surface area contributed by atoms with Crippen LogP contribution >= 0.6 is 0 Å². The highest BCUT2D eigenvalue weighted by Gasteiger charge is 2.35. The van der Waals surface area contributed by atoms with Crippen LogP contribution < -0.4 is 4.90 Å². The molecule has 0 aromatic heterocycles. The first kappa shape index (κ1) is 18.0. The van der Waals surface area contributed by atoms with Crippen molar-refractivity contribution in [3.05, 3.63) is 35.4 Å². The Morgan fingerprint density at radius 1 is 0.885 bits per heavy atom. The van der Waals surface area contributed by atoms with Crippen LogP contribution in [0.5, 0.6) is 0 Å². The normalized spacial score (nSPS) is 22.4. The first-order valence-corrected chi connectivity index (χ1v) is 11.0. The lowest BCUT2D eigenvalue weighted by Gasteiger charge is -2.39. The largest absolute Gasteiger partial charge is 0.333 e. The molecule has 1 N–H and O–H groups in total. The second-order valence-electron chi connectivity index (χ2n) is 8.76. The van der Waals surface area contributed by atoms with E-state index in [-0.39, 0.29) is 0 Å². The minimum Gasteiger partial charge on any atom is -0.333 e. The van der Waals surface area contributed by atoms with Gasteiger partial charge in [0.25, 0.3) is 5.91 Å². The second-order valence-corrected chi connectivity index (χ2v) is 8.76. The van der Waals surface area contributed by atoms with Gasteiger partial charge in [-0.3, -0.25) is 4.79 Å². The van der Waals surface area contributed by atoms with Gasteiger partial charge in [0.1, 0.15) is 0 Å². The zero-order valence-electron chi connectivity index (χ0n) is 16.2. The summed E-state index contributed by atoms with van der Waals surface area (Å²) in [5, 5.41) is 0. The van der Waals surface area contributed by atoms with Crippen LogP contribution in [0.25, 0.3) is 0 Å². The maximum atomic E-state index is 13.2. The van der Waals surface area contributed by atoms with Gasteiger partial charge in [-0.05, 0) is 68.9 Å².